The zero-order valence-corrected chi connectivity index (χ0v) is 18.5. The van der Waals surface area contributed by atoms with E-state index in [-0.39, 0.29) is 0 Å². The summed E-state index contributed by atoms with van der Waals surface area (Å²) in [6.45, 7) is 2.29. The summed E-state index contributed by atoms with van der Waals surface area (Å²) in [7, 11) is 1.83. The molecule has 8 heteroatoms. The Balaban J connectivity index is 1.63. The van der Waals surface area contributed by atoms with Gasteiger partial charge >= 0.3 is 0 Å². The van der Waals surface area contributed by atoms with Gasteiger partial charge in [0.25, 0.3) is 0 Å². The molecule has 0 atom stereocenters. The summed E-state index contributed by atoms with van der Waals surface area (Å²) < 4.78 is 12.2. The second-order valence-corrected chi connectivity index (χ2v) is 7.53. The van der Waals surface area contributed by atoms with Gasteiger partial charge in [-0.25, -0.2) is 9.97 Å². The first-order valence-electron chi connectivity index (χ1n) is 9.48. The number of guanidine groups is 1. The molecule has 0 saturated carbocycles. The highest BCUT2D eigenvalue weighted by atomic mass is 79.9. The highest BCUT2D eigenvalue weighted by Crippen LogP contribution is 2.29. The zero-order valence-electron chi connectivity index (χ0n) is 17.0. The minimum Gasteiger partial charge on any atom is -0.485 e. The van der Waals surface area contributed by atoms with Crippen LogP contribution in [-0.2, 0) is 13.0 Å². The number of aromatic nitrogens is 2. The van der Waals surface area contributed by atoms with Crippen LogP contribution in [0, 0.1) is 6.92 Å². The summed E-state index contributed by atoms with van der Waals surface area (Å²) in [5.41, 5.74) is 7.20. The molecule has 0 unspecified atom stereocenters. The number of rotatable bonds is 8. The molecule has 0 aliphatic heterocycles. The minimum absolute atomic E-state index is 0.303. The monoisotopic (exact) mass is 469 g/mol. The normalized spacial score (nSPS) is 11.8. The first-order chi connectivity index (χ1) is 14.5. The maximum atomic E-state index is 6.15. The van der Waals surface area contributed by atoms with E-state index in [4.69, 9.17) is 14.9 Å². The SMILES string of the molecule is Cc1cnc(CC/C=C/N(C)/C(N)=N\c2ncc(Br)cc2OCc2ccccc2)o1. The first kappa shape index (κ1) is 21.6. The maximum Gasteiger partial charge on any atom is 0.201 e. The summed E-state index contributed by atoms with van der Waals surface area (Å²) in [5, 5.41) is 0. The van der Waals surface area contributed by atoms with Gasteiger partial charge in [-0.1, -0.05) is 36.4 Å². The molecule has 30 heavy (non-hydrogen) atoms. The standard InChI is InChI=1S/C22H24BrN5O2/c1-16-13-25-20(30-16)10-6-7-11-28(2)22(24)27-21-19(12-18(23)14-26-21)29-15-17-8-4-3-5-9-17/h3-5,7-9,11-14H,6,10,15H2,1-2H3,(H2,24,26,27)/b11-7+. The van der Waals surface area contributed by atoms with E-state index in [1.165, 1.54) is 0 Å². The van der Waals surface area contributed by atoms with Crippen molar-refractivity contribution in [2.45, 2.75) is 26.4 Å². The van der Waals surface area contributed by atoms with E-state index < -0.39 is 0 Å². The number of ether oxygens (including phenoxy) is 1. The van der Waals surface area contributed by atoms with Gasteiger partial charge in [-0.05, 0) is 40.9 Å². The van der Waals surface area contributed by atoms with Crippen molar-refractivity contribution in [1.82, 2.24) is 14.9 Å². The van der Waals surface area contributed by atoms with Crippen molar-refractivity contribution >= 4 is 27.7 Å². The van der Waals surface area contributed by atoms with Crippen LogP contribution >= 0.6 is 15.9 Å². The van der Waals surface area contributed by atoms with E-state index in [1.807, 2.05) is 62.6 Å². The van der Waals surface area contributed by atoms with Gasteiger partial charge in [-0.2, -0.15) is 4.99 Å². The van der Waals surface area contributed by atoms with Crippen LogP contribution in [0.15, 0.2) is 75.0 Å². The molecule has 0 aliphatic carbocycles. The van der Waals surface area contributed by atoms with Crippen molar-refractivity contribution in [3.8, 4) is 5.75 Å². The number of benzene rings is 1. The molecule has 0 amide bonds. The minimum atomic E-state index is 0.303. The number of nitrogens with two attached hydrogens (primary N) is 1. The van der Waals surface area contributed by atoms with Crippen LogP contribution in [0.3, 0.4) is 0 Å². The number of nitrogens with zero attached hydrogens (tertiary/aromatic N) is 4. The molecule has 2 N–H and O–H groups in total. The van der Waals surface area contributed by atoms with Crippen molar-refractivity contribution in [2.24, 2.45) is 10.7 Å². The predicted molar refractivity (Wildman–Crippen MR) is 120 cm³/mol. The van der Waals surface area contributed by atoms with Crippen LogP contribution in [0.25, 0.3) is 0 Å². The number of allylic oxidation sites excluding steroid dienone is 1. The van der Waals surface area contributed by atoms with Crippen LogP contribution in [0.4, 0.5) is 5.82 Å². The topological polar surface area (TPSA) is 89.8 Å². The van der Waals surface area contributed by atoms with E-state index in [0.29, 0.717) is 24.1 Å². The van der Waals surface area contributed by atoms with Gasteiger partial charge in [0.2, 0.25) is 5.96 Å². The molecule has 3 rings (SSSR count). The van der Waals surface area contributed by atoms with Crippen LogP contribution in [0.5, 0.6) is 5.75 Å². The van der Waals surface area contributed by atoms with E-state index in [0.717, 1.165) is 34.5 Å². The third-order valence-electron chi connectivity index (χ3n) is 4.14. The summed E-state index contributed by atoms with van der Waals surface area (Å²) in [4.78, 5) is 14.7. The van der Waals surface area contributed by atoms with Gasteiger partial charge in [0.05, 0.1) is 6.20 Å². The van der Waals surface area contributed by atoms with Gasteiger partial charge < -0.3 is 19.8 Å². The number of aryl methyl sites for hydroxylation is 2. The lowest BCUT2D eigenvalue weighted by Crippen LogP contribution is -2.29. The average Bonchev–Trinajstić information content (AvgIpc) is 3.16. The summed E-state index contributed by atoms with van der Waals surface area (Å²) in [5.74, 6) is 2.81. The highest BCUT2D eigenvalue weighted by Gasteiger charge is 2.09. The number of hydrogen-bond donors (Lipinski definition) is 1. The highest BCUT2D eigenvalue weighted by molar-refractivity contribution is 9.10. The summed E-state index contributed by atoms with van der Waals surface area (Å²) in [6.07, 6.45) is 8.73. The fraction of sp³-hybridized carbons (Fsp3) is 0.227. The van der Waals surface area contributed by atoms with Gasteiger partial charge in [-0.3, -0.25) is 0 Å². The molecular formula is C22H24BrN5O2. The lowest BCUT2D eigenvalue weighted by Gasteiger charge is -2.14. The number of oxazole rings is 1. The van der Waals surface area contributed by atoms with E-state index >= 15 is 0 Å². The van der Waals surface area contributed by atoms with E-state index in [2.05, 4.69) is 30.9 Å². The van der Waals surface area contributed by atoms with Crippen molar-refractivity contribution in [3.05, 3.63) is 82.8 Å². The van der Waals surface area contributed by atoms with Crippen LogP contribution in [0.2, 0.25) is 0 Å². The maximum absolute atomic E-state index is 6.15. The van der Waals surface area contributed by atoms with Crippen molar-refractivity contribution in [1.29, 1.82) is 0 Å². The average molecular weight is 470 g/mol. The number of aliphatic imine (C=N–C) groups is 1. The third kappa shape index (κ3) is 6.45. The Hall–Kier alpha value is -3.13. The van der Waals surface area contributed by atoms with Gasteiger partial charge in [0.15, 0.2) is 17.5 Å². The Morgan fingerprint density at radius 1 is 1.27 bits per heavy atom. The van der Waals surface area contributed by atoms with Gasteiger partial charge in [-0.15, -0.1) is 0 Å². The zero-order chi connectivity index (χ0) is 21.3. The molecule has 2 heterocycles. The van der Waals surface area contributed by atoms with Crippen molar-refractivity contribution in [3.63, 3.8) is 0 Å². The quantitative estimate of drug-likeness (QED) is 0.378. The smallest absolute Gasteiger partial charge is 0.201 e. The second-order valence-electron chi connectivity index (χ2n) is 6.62. The molecule has 1 aromatic carbocycles. The number of halogens is 1. The lowest BCUT2D eigenvalue weighted by molar-refractivity contribution is 0.306. The summed E-state index contributed by atoms with van der Waals surface area (Å²) in [6, 6.07) is 11.7. The first-order valence-corrected chi connectivity index (χ1v) is 10.3. The van der Waals surface area contributed by atoms with Crippen LogP contribution < -0.4 is 10.5 Å². The molecule has 0 radical (unpaired) electrons. The Morgan fingerprint density at radius 3 is 2.80 bits per heavy atom. The Bertz CT molecular complexity index is 1020. The van der Waals surface area contributed by atoms with E-state index in [9.17, 15) is 0 Å². The lowest BCUT2D eigenvalue weighted by atomic mass is 10.2. The Kier molecular flexibility index (Phi) is 7.62. The third-order valence-corrected chi connectivity index (χ3v) is 4.58. The van der Waals surface area contributed by atoms with Crippen molar-refractivity contribution in [2.75, 3.05) is 7.05 Å². The molecule has 0 spiro atoms. The number of pyridine rings is 1. The van der Waals surface area contributed by atoms with Crippen LogP contribution in [0.1, 0.15) is 23.6 Å². The fourth-order valence-electron chi connectivity index (χ4n) is 2.56. The molecular weight excluding hydrogens is 446 g/mol. The molecule has 2 aromatic heterocycles. The van der Waals surface area contributed by atoms with E-state index in [1.54, 1.807) is 17.3 Å². The van der Waals surface area contributed by atoms with Crippen LogP contribution in [-0.4, -0.2) is 27.9 Å². The van der Waals surface area contributed by atoms with Gasteiger partial charge in [0.1, 0.15) is 12.4 Å². The second kappa shape index (κ2) is 10.6. The summed E-state index contributed by atoms with van der Waals surface area (Å²) >= 11 is 3.42. The molecule has 0 fully saturated rings. The predicted octanol–water partition coefficient (Wildman–Crippen LogP) is 4.74. The molecule has 0 bridgehead atoms. The molecule has 156 valence electrons. The largest absolute Gasteiger partial charge is 0.485 e. The molecule has 0 aliphatic rings. The molecule has 3 aromatic rings. The fourth-order valence-corrected chi connectivity index (χ4v) is 2.87. The molecule has 0 saturated heterocycles. The van der Waals surface area contributed by atoms with Gasteiger partial charge in [0, 0.05) is 30.3 Å². The Labute approximate surface area is 184 Å². The Morgan fingerprint density at radius 2 is 2.07 bits per heavy atom. The van der Waals surface area contributed by atoms with Crippen molar-refractivity contribution < 1.29 is 9.15 Å². The molecule has 7 nitrogen and oxygen atoms in total. The number of hydrogen-bond acceptors (Lipinski definition) is 5.